The number of benzene rings is 1. The quantitative estimate of drug-likeness (QED) is 0.740. The first-order chi connectivity index (χ1) is 10.3. The van der Waals surface area contributed by atoms with Crippen LogP contribution in [0.15, 0.2) is 24.3 Å². The Morgan fingerprint density at radius 3 is 2.57 bits per heavy atom. The molecule has 1 N–H and O–H groups in total. The van der Waals surface area contributed by atoms with E-state index in [4.69, 9.17) is 9.47 Å². The van der Waals surface area contributed by atoms with Crippen LogP contribution in [0.3, 0.4) is 0 Å². The maximum absolute atomic E-state index is 5.69. The molecule has 1 unspecified atom stereocenters. The molecule has 0 amide bonds. The summed E-state index contributed by atoms with van der Waals surface area (Å²) in [4.78, 5) is 0. The van der Waals surface area contributed by atoms with Gasteiger partial charge in [-0.1, -0.05) is 32.4 Å². The molecule has 0 saturated carbocycles. The smallest absolute Gasteiger partial charge is 0.119 e. The molecule has 3 nitrogen and oxygen atoms in total. The third-order valence-electron chi connectivity index (χ3n) is 4.07. The molecule has 1 heterocycles. The molecule has 0 aromatic heterocycles. The van der Waals surface area contributed by atoms with Gasteiger partial charge in [0.05, 0.1) is 6.61 Å². The van der Waals surface area contributed by atoms with Crippen molar-refractivity contribution in [2.24, 2.45) is 0 Å². The van der Waals surface area contributed by atoms with Crippen molar-refractivity contribution < 1.29 is 9.47 Å². The number of nitrogens with one attached hydrogen (secondary N) is 1. The van der Waals surface area contributed by atoms with Crippen molar-refractivity contribution in [1.82, 2.24) is 5.32 Å². The molecular formula is C18H29NO2. The van der Waals surface area contributed by atoms with E-state index in [-0.39, 0.29) is 0 Å². The average molecular weight is 291 g/mol. The predicted octanol–water partition coefficient (Wildman–Crippen LogP) is 3.74. The summed E-state index contributed by atoms with van der Waals surface area (Å²) in [5.41, 5.74) is 1.35. The van der Waals surface area contributed by atoms with Crippen LogP contribution in [-0.2, 0) is 4.74 Å². The third-order valence-corrected chi connectivity index (χ3v) is 4.07. The monoisotopic (exact) mass is 291 g/mol. The average Bonchev–Trinajstić information content (AvgIpc) is 2.52. The summed E-state index contributed by atoms with van der Waals surface area (Å²) in [5.74, 6) is 1.49. The first kappa shape index (κ1) is 16.3. The van der Waals surface area contributed by atoms with Crippen LogP contribution in [0.1, 0.15) is 51.0 Å². The van der Waals surface area contributed by atoms with E-state index in [0.29, 0.717) is 25.2 Å². The number of ether oxygens (including phenoxy) is 2. The van der Waals surface area contributed by atoms with Crippen molar-refractivity contribution in [2.45, 2.75) is 51.5 Å². The summed E-state index contributed by atoms with van der Waals surface area (Å²) >= 11 is 0. The predicted molar refractivity (Wildman–Crippen MR) is 87.1 cm³/mol. The topological polar surface area (TPSA) is 30.5 Å². The zero-order chi connectivity index (χ0) is 14.9. The minimum Gasteiger partial charge on any atom is -0.491 e. The molecular weight excluding hydrogens is 262 g/mol. The van der Waals surface area contributed by atoms with E-state index in [1.807, 2.05) is 12.1 Å². The normalized spacial score (nSPS) is 18.9. The fourth-order valence-corrected chi connectivity index (χ4v) is 2.67. The van der Waals surface area contributed by atoms with E-state index in [1.165, 1.54) is 31.4 Å². The molecule has 0 radical (unpaired) electrons. The Balaban J connectivity index is 1.53. The Hall–Kier alpha value is -1.06. The molecule has 1 aromatic rings. The highest BCUT2D eigenvalue weighted by Crippen LogP contribution is 2.18. The Kier molecular flexibility index (Phi) is 7.04. The highest BCUT2D eigenvalue weighted by Gasteiger charge is 2.11. The Morgan fingerprint density at radius 1 is 1.10 bits per heavy atom. The minimum absolute atomic E-state index is 0.566. The number of piperidine rings is 1. The molecule has 0 spiro atoms. The van der Waals surface area contributed by atoms with E-state index in [9.17, 15) is 0 Å². The lowest BCUT2D eigenvalue weighted by molar-refractivity contribution is 0.0911. The first-order valence-electron chi connectivity index (χ1n) is 8.29. The standard InChI is InChI=1S/C18H29NO2/c1-15(2)16-6-8-18(9-7-16)21-14-13-20-12-10-17-5-3-4-11-19-17/h6-9,15,17,19H,3-5,10-14H2,1-2H3. The van der Waals surface area contributed by atoms with E-state index >= 15 is 0 Å². The second-order valence-corrected chi connectivity index (χ2v) is 6.12. The van der Waals surface area contributed by atoms with Crippen LogP contribution in [0, 0.1) is 0 Å². The van der Waals surface area contributed by atoms with Crippen molar-refractivity contribution >= 4 is 0 Å². The van der Waals surface area contributed by atoms with Gasteiger partial charge >= 0.3 is 0 Å². The van der Waals surface area contributed by atoms with Gasteiger partial charge in [0.2, 0.25) is 0 Å². The second kappa shape index (κ2) is 9.06. The van der Waals surface area contributed by atoms with Crippen LogP contribution >= 0.6 is 0 Å². The molecule has 1 aliphatic rings. The summed E-state index contributed by atoms with van der Waals surface area (Å²) in [7, 11) is 0. The SMILES string of the molecule is CC(C)c1ccc(OCCOCCC2CCCCN2)cc1. The number of hydrogen-bond acceptors (Lipinski definition) is 3. The molecule has 1 aromatic carbocycles. The summed E-state index contributed by atoms with van der Waals surface area (Å²) in [6, 6.07) is 9.01. The zero-order valence-electron chi connectivity index (χ0n) is 13.4. The van der Waals surface area contributed by atoms with Gasteiger partial charge in [0.15, 0.2) is 0 Å². The molecule has 0 bridgehead atoms. The number of rotatable bonds is 8. The van der Waals surface area contributed by atoms with E-state index in [2.05, 4.69) is 31.3 Å². The molecule has 21 heavy (non-hydrogen) atoms. The van der Waals surface area contributed by atoms with Crippen molar-refractivity contribution in [2.75, 3.05) is 26.4 Å². The van der Waals surface area contributed by atoms with Crippen molar-refractivity contribution in [3.8, 4) is 5.75 Å². The summed E-state index contributed by atoms with van der Waals surface area (Å²) in [6.45, 7) is 7.68. The van der Waals surface area contributed by atoms with Crippen LogP contribution in [0.4, 0.5) is 0 Å². The van der Waals surface area contributed by atoms with E-state index in [0.717, 1.165) is 18.8 Å². The van der Waals surface area contributed by atoms with Gasteiger partial charge < -0.3 is 14.8 Å². The van der Waals surface area contributed by atoms with Gasteiger partial charge in [-0.2, -0.15) is 0 Å². The van der Waals surface area contributed by atoms with Gasteiger partial charge in [-0.3, -0.25) is 0 Å². The largest absolute Gasteiger partial charge is 0.491 e. The molecule has 118 valence electrons. The van der Waals surface area contributed by atoms with E-state index in [1.54, 1.807) is 0 Å². The van der Waals surface area contributed by atoms with Gasteiger partial charge in [0.1, 0.15) is 12.4 Å². The maximum atomic E-state index is 5.69. The lowest BCUT2D eigenvalue weighted by Crippen LogP contribution is -2.34. The second-order valence-electron chi connectivity index (χ2n) is 6.12. The van der Waals surface area contributed by atoms with Crippen molar-refractivity contribution in [1.29, 1.82) is 0 Å². The van der Waals surface area contributed by atoms with Gasteiger partial charge in [-0.05, 0) is 49.4 Å². The molecule has 1 fully saturated rings. The molecule has 3 heteroatoms. The zero-order valence-corrected chi connectivity index (χ0v) is 13.4. The fourth-order valence-electron chi connectivity index (χ4n) is 2.67. The molecule has 1 saturated heterocycles. The van der Waals surface area contributed by atoms with Crippen LogP contribution in [0.2, 0.25) is 0 Å². The maximum Gasteiger partial charge on any atom is 0.119 e. The molecule has 0 aliphatic carbocycles. The van der Waals surface area contributed by atoms with Crippen molar-refractivity contribution in [3.63, 3.8) is 0 Å². The highest BCUT2D eigenvalue weighted by atomic mass is 16.5. The Morgan fingerprint density at radius 2 is 1.90 bits per heavy atom. The highest BCUT2D eigenvalue weighted by molar-refractivity contribution is 5.28. The van der Waals surface area contributed by atoms with Gasteiger partial charge in [-0.15, -0.1) is 0 Å². The van der Waals surface area contributed by atoms with Gasteiger partial charge in [0, 0.05) is 12.6 Å². The first-order valence-corrected chi connectivity index (χ1v) is 8.29. The summed E-state index contributed by atoms with van der Waals surface area (Å²) in [5, 5.41) is 3.54. The van der Waals surface area contributed by atoms with Crippen LogP contribution in [-0.4, -0.2) is 32.4 Å². The van der Waals surface area contributed by atoms with Gasteiger partial charge in [0.25, 0.3) is 0 Å². The molecule has 1 atom stereocenters. The molecule has 2 rings (SSSR count). The fraction of sp³-hybridized carbons (Fsp3) is 0.667. The Labute approximate surface area is 129 Å². The van der Waals surface area contributed by atoms with Crippen LogP contribution in [0.5, 0.6) is 5.75 Å². The Bertz CT molecular complexity index is 383. The van der Waals surface area contributed by atoms with Crippen molar-refractivity contribution in [3.05, 3.63) is 29.8 Å². The van der Waals surface area contributed by atoms with E-state index < -0.39 is 0 Å². The van der Waals surface area contributed by atoms with Crippen LogP contribution < -0.4 is 10.1 Å². The molecule has 1 aliphatic heterocycles. The van der Waals surface area contributed by atoms with Crippen LogP contribution in [0.25, 0.3) is 0 Å². The summed E-state index contributed by atoms with van der Waals surface area (Å²) in [6.07, 6.45) is 5.08. The third kappa shape index (κ3) is 6.06. The minimum atomic E-state index is 0.566. The lowest BCUT2D eigenvalue weighted by Gasteiger charge is -2.23. The summed E-state index contributed by atoms with van der Waals surface area (Å²) < 4.78 is 11.3. The number of hydrogen-bond donors (Lipinski definition) is 1. The lowest BCUT2D eigenvalue weighted by atomic mass is 10.0. The van der Waals surface area contributed by atoms with Gasteiger partial charge in [-0.25, -0.2) is 0 Å².